The number of halogens is 3. The highest BCUT2D eigenvalue weighted by Gasteiger charge is 2.65. The standard InChI is InChI=1S/C27H28F3N3O5S/c1-16-18(10-6-11-20(16)34)23(36)31-19(14-17-8-4-3-5-9-17)21(35)24(37)32-15-39-26(2)22(32)25(38)33(26)13-7-12-27(28,29)30/h3-12,19,21-22,34-35H,13-15H2,1-2H3,(H,31,36)/b12-7+/t19-,21-,22+,26?/m0/s1. The Morgan fingerprint density at radius 2 is 1.90 bits per heavy atom. The van der Waals surface area contributed by atoms with Crippen LogP contribution in [0.5, 0.6) is 5.75 Å². The number of benzene rings is 2. The molecule has 2 fully saturated rings. The third kappa shape index (κ3) is 5.76. The highest BCUT2D eigenvalue weighted by Crippen LogP contribution is 2.50. The minimum absolute atomic E-state index is 0.0416. The predicted molar refractivity (Wildman–Crippen MR) is 139 cm³/mol. The van der Waals surface area contributed by atoms with Gasteiger partial charge in [0.2, 0.25) is 5.91 Å². The van der Waals surface area contributed by atoms with E-state index in [9.17, 15) is 37.8 Å². The van der Waals surface area contributed by atoms with Crippen molar-refractivity contribution < 1.29 is 37.8 Å². The molecule has 8 nitrogen and oxygen atoms in total. The van der Waals surface area contributed by atoms with Crippen molar-refractivity contribution in [2.75, 3.05) is 12.4 Å². The van der Waals surface area contributed by atoms with Crippen molar-refractivity contribution in [3.8, 4) is 5.75 Å². The van der Waals surface area contributed by atoms with Gasteiger partial charge in [-0.1, -0.05) is 42.5 Å². The van der Waals surface area contributed by atoms with E-state index in [1.54, 1.807) is 44.2 Å². The number of hydrogen-bond donors (Lipinski definition) is 3. The lowest BCUT2D eigenvalue weighted by Crippen LogP contribution is -2.74. The van der Waals surface area contributed by atoms with Gasteiger partial charge in [0.25, 0.3) is 11.8 Å². The summed E-state index contributed by atoms with van der Waals surface area (Å²) in [5, 5.41) is 23.9. The summed E-state index contributed by atoms with van der Waals surface area (Å²) >= 11 is 1.22. The number of amides is 3. The fourth-order valence-corrected chi connectivity index (χ4v) is 6.24. The zero-order chi connectivity index (χ0) is 28.5. The molecule has 0 aromatic heterocycles. The van der Waals surface area contributed by atoms with E-state index in [1.165, 1.54) is 39.8 Å². The summed E-state index contributed by atoms with van der Waals surface area (Å²) < 4.78 is 37.5. The highest BCUT2D eigenvalue weighted by molar-refractivity contribution is 8.01. The molecule has 4 atom stereocenters. The van der Waals surface area contributed by atoms with Gasteiger partial charge in [-0.05, 0) is 38.0 Å². The molecule has 4 rings (SSSR count). The van der Waals surface area contributed by atoms with Crippen molar-refractivity contribution in [1.29, 1.82) is 0 Å². The molecule has 0 spiro atoms. The number of rotatable bonds is 8. The van der Waals surface area contributed by atoms with Crippen molar-refractivity contribution in [3.63, 3.8) is 0 Å². The summed E-state index contributed by atoms with van der Waals surface area (Å²) in [7, 11) is 0. The number of phenolic OH excluding ortho intramolecular Hbond substituents is 1. The molecule has 1 unspecified atom stereocenters. The normalized spacial score (nSPS) is 22.4. The fourth-order valence-electron chi connectivity index (χ4n) is 4.85. The maximum atomic E-state index is 13.5. The Morgan fingerprint density at radius 1 is 1.21 bits per heavy atom. The molecule has 2 heterocycles. The number of thioether (sulfide) groups is 1. The van der Waals surface area contributed by atoms with Crippen LogP contribution in [0.15, 0.2) is 60.7 Å². The number of aromatic hydroxyl groups is 1. The minimum atomic E-state index is -4.50. The van der Waals surface area contributed by atoms with Crippen molar-refractivity contribution in [3.05, 3.63) is 77.4 Å². The summed E-state index contributed by atoms with van der Waals surface area (Å²) in [6, 6.07) is 11.3. The predicted octanol–water partition coefficient (Wildman–Crippen LogP) is 2.98. The second-order valence-electron chi connectivity index (χ2n) is 9.60. The van der Waals surface area contributed by atoms with Crippen molar-refractivity contribution in [1.82, 2.24) is 15.1 Å². The molecule has 208 valence electrons. The molecule has 0 radical (unpaired) electrons. The van der Waals surface area contributed by atoms with Crippen molar-refractivity contribution in [2.24, 2.45) is 0 Å². The van der Waals surface area contributed by atoms with Gasteiger partial charge in [-0.2, -0.15) is 13.2 Å². The largest absolute Gasteiger partial charge is 0.508 e. The quantitative estimate of drug-likeness (QED) is 0.337. The molecule has 0 saturated carbocycles. The van der Waals surface area contributed by atoms with Gasteiger partial charge in [-0.15, -0.1) is 11.8 Å². The van der Waals surface area contributed by atoms with E-state index in [-0.39, 0.29) is 36.2 Å². The molecular weight excluding hydrogens is 535 g/mol. The van der Waals surface area contributed by atoms with E-state index in [1.807, 2.05) is 0 Å². The van der Waals surface area contributed by atoms with Gasteiger partial charge in [-0.3, -0.25) is 14.4 Å². The number of nitrogens with one attached hydrogen (secondary N) is 1. The van der Waals surface area contributed by atoms with E-state index >= 15 is 0 Å². The Bertz CT molecular complexity index is 1290. The van der Waals surface area contributed by atoms with Gasteiger partial charge >= 0.3 is 6.18 Å². The number of carbonyl (C=O) groups excluding carboxylic acids is 3. The van der Waals surface area contributed by atoms with Gasteiger partial charge in [0.1, 0.15) is 16.7 Å². The van der Waals surface area contributed by atoms with E-state index in [4.69, 9.17) is 0 Å². The Kier molecular flexibility index (Phi) is 7.99. The first kappa shape index (κ1) is 28.5. The lowest BCUT2D eigenvalue weighted by atomic mass is 9.92. The number of phenols is 1. The van der Waals surface area contributed by atoms with E-state index < -0.39 is 47.0 Å². The zero-order valence-corrected chi connectivity index (χ0v) is 22.0. The van der Waals surface area contributed by atoms with Gasteiger partial charge in [0.15, 0.2) is 6.10 Å². The van der Waals surface area contributed by atoms with Crippen LogP contribution < -0.4 is 5.32 Å². The second-order valence-corrected chi connectivity index (χ2v) is 11.0. The number of aliphatic hydroxyl groups excluding tert-OH is 1. The average molecular weight is 564 g/mol. The highest BCUT2D eigenvalue weighted by atomic mass is 32.2. The van der Waals surface area contributed by atoms with Crippen LogP contribution in [0.25, 0.3) is 0 Å². The van der Waals surface area contributed by atoms with Gasteiger partial charge in [0, 0.05) is 23.7 Å². The number of hydrogen-bond acceptors (Lipinski definition) is 6. The van der Waals surface area contributed by atoms with Crippen LogP contribution in [0.2, 0.25) is 0 Å². The number of allylic oxidation sites excluding steroid dienone is 1. The van der Waals surface area contributed by atoms with E-state index in [0.29, 0.717) is 5.56 Å². The second kappa shape index (κ2) is 10.9. The molecule has 2 aromatic rings. The van der Waals surface area contributed by atoms with E-state index in [2.05, 4.69) is 5.32 Å². The minimum Gasteiger partial charge on any atom is -0.508 e. The van der Waals surface area contributed by atoms with Crippen LogP contribution >= 0.6 is 11.8 Å². The molecule has 3 N–H and O–H groups in total. The fraction of sp³-hybridized carbons (Fsp3) is 0.370. The first-order chi connectivity index (χ1) is 18.3. The van der Waals surface area contributed by atoms with Crippen LogP contribution in [0.1, 0.15) is 28.4 Å². The van der Waals surface area contributed by atoms with Gasteiger partial charge in [0.05, 0.1) is 11.9 Å². The summed E-state index contributed by atoms with van der Waals surface area (Å²) in [6.07, 6.45) is -5.20. The number of alkyl halides is 3. The zero-order valence-electron chi connectivity index (χ0n) is 21.2. The first-order valence-corrected chi connectivity index (χ1v) is 13.1. The van der Waals surface area contributed by atoms with Crippen LogP contribution in [0.4, 0.5) is 13.2 Å². The first-order valence-electron chi connectivity index (χ1n) is 12.2. The molecule has 12 heteroatoms. The average Bonchev–Trinajstić information content (AvgIpc) is 3.20. The Labute approximate surface area is 227 Å². The lowest BCUT2D eigenvalue weighted by molar-refractivity contribution is -0.166. The SMILES string of the molecule is Cc1c(O)cccc1C(=O)N[C@@H](Cc1ccccc1)[C@H](O)C(=O)N1CSC2(C)[C@H]1C(=O)N2C/C=C/C(F)(F)F. The Hall–Kier alpha value is -3.51. The number of fused-ring (bicyclic) bond motifs is 1. The van der Waals surface area contributed by atoms with Gasteiger partial charge < -0.3 is 25.3 Å². The van der Waals surface area contributed by atoms with E-state index in [0.717, 1.165) is 11.6 Å². The number of nitrogens with zero attached hydrogens (tertiary/aromatic N) is 2. The number of aliphatic hydroxyl groups is 1. The molecule has 0 aliphatic carbocycles. The molecule has 2 saturated heterocycles. The molecular formula is C27H28F3N3O5S. The number of likely N-dealkylation sites (tertiary alicyclic amines) is 1. The number of carbonyl (C=O) groups is 3. The smallest absolute Gasteiger partial charge is 0.409 e. The third-order valence-electron chi connectivity index (χ3n) is 7.03. The Morgan fingerprint density at radius 3 is 2.56 bits per heavy atom. The van der Waals surface area contributed by atoms with Crippen LogP contribution in [-0.4, -0.2) is 79.4 Å². The summed E-state index contributed by atoms with van der Waals surface area (Å²) in [4.78, 5) is 41.0. The third-order valence-corrected chi connectivity index (χ3v) is 8.46. The number of β-lactam (4-membered cyclic amide) rings is 1. The Balaban J connectivity index is 1.52. The molecule has 2 aliphatic heterocycles. The van der Waals surface area contributed by atoms with Crippen LogP contribution in [-0.2, 0) is 16.0 Å². The molecule has 2 aromatic carbocycles. The van der Waals surface area contributed by atoms with Crippen molar-refractivity contribution >= 4 is 29.5 Å². The summed E-state index contributed by atoms with van der Waals surface area (Å²) in [5.41, 5.74) is 1.25. The summed E-state index contributed by atoms with van der Waals surface area (Å²) in [6.45, 7) is 2.97. The monoisotopic (exact) mass is 563 g/mol. The molecule has 0 bridgehead atoms. The maximum Gasteiger partial charge on any atom is 0.409 e. The van der Waals surface area contributed by atoms with Crippen LogP contribution in [0.3, 0.4) is 0 Å². The topological polar surface area (TPSA) is 110 Å². The summed E-state index contributed by atoms with van der Waals surface area (Å²) in [5.74, 6) is -1.93. The molecule has 2 aliphatic rings. The molecule has 39 heavy (non-hydrogen) atoms. The van der Waals surface area contributed by atoms with Gasteiger partial charge in [-0.25, -0.2) is 0 Å². The van der Waals surface area contributed by atoms with Crippen molar-refractivity contribution in [2.45, 2.75) is 49.5 Å². The molecule has 3 amide bonds. The lowest BCUT2D eigenvalue weighted by Gasteiger charge is -2.52. The van der Waals surface area contributed by atoms with Crippen LogP contribution in [0, 0.1) is 6.92 Å². The maximum absolute atomic E-state index is 13.5.